The molecule has 0 saturated heterocycles. The smallest absolute Gasteiger partial charge is 0.252 e. The number of benzene rings is 5. The predicted molar refractivity (Wildman–Crippen MR) is 239 cm³/mol. The molecule has 0 amide bonds. The molecule has 0 saturated carbocycles. The standard InChI is InChI=1S/C51H63BN2/c1-32-25-44-46-45(26-32)54(39-28-36(50(11,12)13)27-37(29-39)51(14,15)16)43-31-35(49(8,9)10)19-23-40(43)52(46)41-30-34(48(5,6)7)20-24-42(41)53(44)38-21-17-33(18-22-38)47(2,3)4/h17-31H,1-16H3/i17D,18D,20D,21D,22D,24D,30D. The number of nitrogens with zero attached hydrogens (tertiary/aromatic N) is 2. The number of rotatable bonds is 2. The van der Waals surface area contributed by atoms with Crippen molar-refractivity contribution in [2.24, 2.45) is 0 Å². The molecule has 2 nitrogen and oxygen atoms in total. The third kappa shape index (κ3) is 6.60. The van der Waals surface area contributed by atoms with E-state index in [1.165, 1.54) is 11.1 Å². The molecular formula is C51H63BN2. The van der Waals surface area contributed by atoms with E-state index in [1.54, 1.807) is 4.90 Å². The molecule has 54 heavy (non-hydrogen) atoms. The molecule has 0 N–H and O–H groups in total. The van der Waals surface area contributed by atoms with Gasteiger partial charge in [-0.25, -0.2) is 0 Å². The molecule has 0 spiro atoms. The number of fused-ring (bicyclic) bond motifs is 4. The Labute approximate surface area is 337 Å². The van der Waals surface area contributed by atoms with Gasteiger partial charge in [-0.3, -0.25) is 0 Å². The summed E-state index contributed by atoms with van der Waals surface area (Å²) in [6, 6.07) is 17.0. The lowest BCUT2D eigenvalue weighted by atomic mass is 9.33. The lowest BCUT2D eigenvalue weighted by Gasteiger charge is -2.45. The molecule has 280 valence electrons. The monoisotopic (exact) mass is 722 g/mol. The summed E-state index contributed by atoms with van der Waals surface area (Å²) in [6.07, 6.45) is 0. The van der Waals surface area contributed by atoms with Crippen LogP contribution in [0, 0.1) is 6.92 Å². The highest BCUT2D eigenvalue weighted by atomic mass is 15.2. The summed E-state index contributed by atoms with van der Waals surface area (Å²) in [5, 5.41) is 0. The molecule has 0 aliphatic carbocycles. The maximum absolute atomic E-state index is 10.2. The lowest BCUT2D eigenvalue weighted by Crippen LogP contribution is -2.61. The highest BCUT2D eigenvalue weighted by molar-refractivity contribution is 7.00. The number of aryl methyl sites for hydroxylation is 1. The van der Waals surface area contributed by atoms with E-state index in [0.717, 1.165) is 39.1 Å². The first-order valence-electron chi connectivity index (χ1n) is 23.1. The summed E-state index contributed by atoms with van der Waals surface area (Å²) in [5.74, 6) is 0. The minimum absolute atomic E-state index is 0.0106. The van der Waals surface area contributed by atoms with Crippen molar-refractivity contribution < 1.29 is 9.60 Å². The SMILES string of the molecule is [2H]c1c([2H])c(C(C)(C)C)c([2H])c([2H])c1N1c2cc(C)cc3c2B(c2ccc(C(C)(C)C)cc2N3c2cc(C(C)(C)C)cc(C(C)(C)C)c2)c2c([2H])c(C(C)(C)C)c([2H])c([2H])c21. The maximum atomic E-state index is 10.2. The summed E-state index contributed by atoms with van der Waals surface area (Å²) in [6.45, 7) is 33.2. The Balaban J connectivity index is 1.74. The average Bonchev–Trinajstić information content (AvgIpc) is 3.10. The Kier molecular flexibility index (Phi) is 6.89. The second-order valence-corrected chi connectivity index (χ2v) is 20.8. The van der Waals surface area contributed by atoms with E-state index >= 15 is 0 Å². The highest BCUT2D eigenvalue weighted by Crippen LogP contribution is 2.47. The van der Waals surface area contributed by atoms with Crippen LogP contribution in [-0.4, -0.2) is 6.71 Å². The molecule has 0 atom stereocenters. The molecule has 0 radical (unpaired) electrons. The van der Waals surface area contributed by atoms with Crippen LogP contribution in [0.3, 0.4) is 0 Å². The predicted octanol–water partition coefficient (Wildman–Crippen LogP) is 12.6. The summed E-state index contributed by atoms with van der Waals surface area (Å²) >= 11 is 0. The van der Waals surface area contributed by atoms with Crippen LogP contribution in [-0.2, 0) is 27.1 Å². The zero-order valence-corrected chi connectivity index (χ0v) is 35.6. The van der Waals surface area contributed by atoms with Gasteiger partial charge in [-0.1, -0.05) is 146 Å². The molecule has 7 rings (SSSR count). The molecular weight excluding hydrogens is 651 g/mol. The third-order valence-electron chi connectivity index (χ3n) is 11.1. The summed E-state index contributed by atoms with van der Waals surface area (Å²) in [5.41, 5.74) is 9.47. The topological polar surface area (TPSA) is 6.48 Å². The van der Waals surface area contributed by atoms with Gasteiger partial charge >= 0.3 is 0 Å². The molecule has 0 unspecified atom stereocenters. The summed E-state index contributed by atoms with van der Waals surface area (Å²) in [4.78, 5) is 4.06. The van der Waals surface area contributed by atoms with Gasteiger partial charge in [0.15, 0.2) is 0 Å². The molecule has 0 bridgehead atoms. The van der Waals surface area contributed by atoms with Crippen molar-refractivity contribution in [3.63, 3.8) is 0 Å². The van der Waals surface area contributed by atoms with Crippen LogP contribution in [0.25, 0.3) is 0 Å². The van der Waals surface area contributed by atoms with Crippen molar-refractivity contribution in [3.8, 4) is 0 Å². The molecule has 5 aromatic carbocycles. The van der Waals surface area contributed by atoms with Crippen LogP contribution in [0.2, 0.25) is 0 Å². The first-order chi connectivity index (χ1) is 27.8. The van der Waals surface area contributed by atoms with Crippen LogP contribution >= 0.6 is 0 Å². The molecule has 0 aromatic heterocycles. The van der Waals surface area contributed by atoms with Gasteiger partial charge in [-0.15, -0.1) is 0 Å². The molecule has 2 heterocycles. The Bertz CT molecular complexity index is 2600. The molecule has 2 aliphatic rings. The first kappa shape index (κ1) is 30.0. The Hall–Kier alpha value is -4.24. The normalized spacial score (nSPS) is 16.4. The van der Waals surface area contributed by atoms with Gasteiger partial charge in [-0.05, 0) is 132 Å². The Morgan fingerprint density at radius 1 is 0.426 bits per heavy atom. The van der Waals surface area contributed by atoms with Crippen molar-refractivity contribution in [1.29, 1.82) is 0 Å². The van der Waals surface area contributed by atoms with Crippen LogP contribution in [0.5, 0.6) is 0 Å². The molecule has 2 aliphatic heterocycles. The van der Waals surface area contributed by atoms with E-state index in [1.807, 2.05) is 54.5 Å². The average molecular weight is 722 g/mol. The van der Waals surface area contributed by atoms with Gasteiger partial charge in [-0.2, -0.15) is 0 Å². The highest BCUT2D eigenvalue weighted by Gasteiger charge is 2.44. The van der Waals surface area contributed by atoms with Gasteiger partial charge in [0, 0.05) is 34.1 Å². The van der Waals surface area contributed by atoms with E-state index in [9.17, 15) is 9.60 Å². The first-order valence-corrected chi connectivity index (χ1v) is 19.6. The van der Waals surface area contributed by atoms with Crippen molar-refractivity contribution >= 4 is 57.2 Å². The second kappa shape index (κ2) is 12.4. The minimum Gasteiger partial charge on any atom is -0.311 e. The van der Waals surface area contributed by atoms with E-state index < -0.39 is 17.5 Å². The van der Waals surface area contributed by atoms with Crippen LogP contribution in [0.1, 0.15) is 147 Å². The fraction of sp³-hybridized carbons (Fsp3) is 0.412. The molecule has 5 aromatic rings. The van der Waals surface area contributed by atoms with Crippen molar-refractivity contribution in [2.75, 3.05) is 9.80 Å². The number of hydrogen-bond donors (Lipinski definition) is 0. The van der Waals surface area contributed by atoms with Crippen LogP contribution in [0.4, 0.5) is 34.1 Å². The van der Waals surface area contributed by atoms with Gasteiger partial charge in [0.1, 0.15) is 0 Å². The van der Waals surface area contributed by atoms with Gasteiger partial charge < -0.3 is 9.80 Å². The van der Waals surface area contributed by atoms with E-state index in [-0.39, 0.29) is 69.9 Å². The van der Waals surface area contributed by atoms with Gasteiger partial charge in [0.2, 0.25) is 0 Å². The lowest BCUT2D eigenvalue weighted by molar-refractivity contribution is 0.568. The minimum atomic E-state index is -0.680. The van der Waals surface area contributed by atoms with E-state index in [0.29, 0.717) is 22.3 Å². The largest absolute Gasteiger partial charge is 0.311 e. The van der Waals surface area contributed by atoms with Gasteiger partial charge in [0.05, 0.1) is 9.60 Å². The van der Waals surface area contributed by atoms with E-state index in [2.05, 4.69) is 110 Å². The van der Waals surface area contributed by atoms with Crippen LogP contribution < -0.4 is 26.2 Å². The van der Waals surface area contributed by atoms with Crippen molar-refractivity contribution in [3.05, 3.63) is 124 Å². The zero-order valence-electron chi connectivity index (χ0n) is 42.6. The summed E-state index contributed by atoms with van der Waals surface area (Å²) < 4.78 is 67.6. The maximum Gasteiger partial charge on any atom is 0.252 e. The molecule has 3 heteroatoms. The number of anilines is 6. The zero-order chi connectivity index (χ0) is 45.6. The fourth-order valence-corrected chi connectivity index (χ4v) is 7.66. The fourth-order valence-electron chi connectivity index (χ4n) is 7.66. The van der Waals surface area contributed by atoms with Crippen LogP contribution in [0.15, 0.2) is 90.8 Å². The number of hydrogen-bond acceptors (Lipinski definition) is 2. The third-order valence-corrected chi connectivity index (χ3v) is 11.1. The van der Waals surface area contributed by atoms with E-state index in [4.69, 9.17) is 0 Å². The Morgan fingerprint density at radius 3 is 1.41 bits per heavy atom. The van der Waals surface area contributed by atoms with Gasteiger partial charge in [0.25, 0.3) is 6.71 Å². The second-order valence-electron chi connectivity index (χ2n) is 20.8. The van der Waals surface area contributed by atoms with Crippen molar-refractivity contribution in [2.45, 2.75) is 138 Å². The van der Waals surface area contributed by atoms with Crippen molar-refractivity contribution in [1.82, 2.24) is 0 Å². The quantitative estimate of drug-likeness (QED) is 0.164. The molecule has 0 fully saturated rings. The summed E-state index contributed by atoms with van der Waals surface area (Å²) in [7, 11) is 0. The Morgan fingerprint density at radius 2 is 0.907 bits per heavy atom.